The molecule has 5 heteroatoms. The van der Waals surface area contributed by atoms with Gasteiger partial charge in [0.05, 0.1) is 21.3 Å². The molecule has 0 bridgehead atoms. The lowest BCUT2D eigenvalue weighted by Crippen LogP contribution is -2.04. The number of aromatic nitrogens is 2. The van der Waals surface area contributed by atoms with E-state index in [1.54, 1.807) is 0 Å². The summed E-state index contributed by atoms with van der Waals surface area (Å²) in [6.45, 7) is 0. The zero-order valence-corrected chi connectivity index (χ0v) is 13.1. The third-order valence-corrected chi connectivity index (χ3v) is 6.27. The predicted molar refractivity (Wildman–Crippen MR) is 85.4 cm³/mol. The first kappa shape index (κ1) is 12.8. The van der Waals surface area contributed by atoms with Gasteiger partial charge in [0.25, 0.3) is 0 Å². The molecule has 2 aromatic heterocycles. The molecule has 0 amide bonds. The second-order valence-corrected chi connectivity index (χ2v) is 7.87. The Bertz CT molecular complexity index is 606. The Kier molecular flexibility index (Phi) is 3.27. The molecule has 3 nitrogen and oxygen atoms in total. The smallest absolute Gasteiger partial charge is 0.180 e. The van der Waals surface area contributed by atoms with E-state index in [0.29, 0.717) is 17.0 Å². The first-order chi connectivity index (χ1) is 9.81. The summed E-state index contributed by atoms with van der Waals surface area (Å²) in [4.78, 5) is 10.8. The number of hydrogen-bond donors (Lipinski definition) is 1. The van der Waals surface area contributed by atoms with Crippen LogP contribution in [0.2, 0.25) is 0 Å². The van der Waals surface area contributed by atoms with Gasteiger partial charge < -0.3 is 5.73 Å². The summed E-state index contributed by atoms with van der Waals surface area (Å²) in [5.41, 5.74) is 8.16. The van der Waals surface area contributed by atoms with Crippen LogP contribution in [-0.2, 0) is 0 Å². The summed E-state index contributed by atoms with van der Waals surface area (Å²) < 4.78 is 0. The molecule has 4 rings (SSSR count). The van der Waals surface area contributed by atoms with Crippen LogP contribution >= 0.6 is 22.7 Å². The molecule has 2 aromatic rings. The Morgan fingerprint density at radius 2 is 1.80 bits per heavy atom. The van der Waals surface area contributed by atoms with Gasteiger partial charge in [-0.1, -0.05) is 19.3 Å². The molecule has 0 atom stereocenters. The monoisotopic (exact) mass is 305 g/mol. The van der Waals surface area contributed by atoms with Crippen LogP contribution in [0.4, 0.5) is 5.13 Å². The van der Waals surface area contributed by atoms with Crippen LogP contribution in [0.15, 0.2) is 5.38 Å². The van der Waals surface area contributed by atoms with E-state index in [2.05, 4.69) is 10.4 Å². The van der Waals surface area contributed by atoms with Crippen molar-refractivity contribution >= 4 is 27.8 Å². The zero-order chi connectivity index (χ0) is 13.5. The number of thiazole rings is 2. The average molecular weight is 305 g/mol. The van der Waals surface area contributed by atoms with Crippen LogP contribution < -0.4 is 5.73 Å². The fourth-order valence-corrected chi connectivity index (χ4v) is 4.99. The minimum absolute atomic E-state index is 0.661. The first-order valence-corrected chi connectivity index (χ1v) is 9.23. The van der Waals surface area contributed by atoms with Gasteiger partial charge in [-0.05, 0) is 25.7 Å². The second kappa shape index (κ2) is 5.11. The maximum Gasteiger partial charge on any atom is 0.180 e. The van der Waals surface area contributed by atoms with E-state index in [4.69, 9.17) is 10.7 Å². The third kappa shape index (κ3) is 2.37. The van der Waals surface area contributed by atoms with E-state index in [0.717, 1.165) is 5.69 Å². The molecular formula is C15H19N3S2. The Balaban J connectivity index is 1.71. The Hall–Kier alpha value is -0.940. The van der Waals surface area contributed by atoms with E-state index in [1.807, 2.05) is 11.3 Å². The summed E-state index contributed by atoms with van der Waals surface area (Å²) in [6, 6.07) is 0. The molecule has 0 unspecified atom stereocenters. The van der Waals surface area contributed by atoms with Gasteiger partial charge in [-0.15, -0.1) is 22.7 Å². The highest BCUT2D eigenvalue weighted by molar-refractivity contribution is 7.16. The molecule has 2 saturated carbocycles. The van der Waals surface area contributed by atoms with Crippen LogP contribution in [0.1, 0.15) is 67.5 Å². The number of rotatable bonds is 3. The average Bonchev–Trinajstić information content (AvgIpc) is 3.08. The van der Waals surface area contributed by atoms with Gasteiger partial charge in [0, 0.05) is 17.2 Å². The van der Waals surface area contributed by atoms with Gasteiger partial charge in [0.1, 0.15) is 0 Å². The summed E-state index contributed by atoms with van der Waals surface area (Å²) >= 11 is 3.41. The molecule has 2 aliphatic rings. The molecule has 0 radical (unpaired) electrons. The van der Waals surface area contributed by atoms with E-state index < -0.39 is 0 Å². The Labute approximate surface area is 127 Å². The van der Waals surface area contributed by atoms with Gasteiger partial charge in [-0.25, -0.2) is 9.97 Å². The van der Waals surface area contributed by atoms with E-state index in [1.165, 1.54) is 71.9 Å². The van der Waals surface area contributed by atoms with Crippen molar-refractivity contribution in [2.45, 2.75) is 56.8 Å². The lowest BCUT2D eigenvalue weighted by Gasteiger charge is -2.18. The molecule has 2 heterocycles. The summed E-state index contributed by atoms with van der Waals surface area (Å²) in [7, 11) is 0. The normalized spacial score (nSPS) is 20.4. The van der Waals surface area contributed by atoms with Crippen molar-refractivity contribution in [1.29, 1.82) is 0 Å². The maximum atomic E-state index is 5.80. The van der Waals surface area contributed by atoms with E-state index in [-0.39, 0.29) is 0 Å². The van der Waals surface area contributed by atoms with Crippen LogP contribution in [0.3, 0.4) is 0 Å². The quantitative estimate of drug-likeness (QED) is 0.888. The van der Waals surface area contributed by atoms with Crippen molar-refractivity contribution in [3.05, 3.63) is 16.1 Å². The molecule has 106 valence electrons. The number of nitrogens with zero attached hydrogens (tertiary/aromatic N) is 2. The van der Waals surface area contributed by atoms with Gasteiger partial charge in [0.15, 0.2) is 5.13 Å². The van der Waals surface area contributed by atoms with Gasteiger partial charge in [-0.3, -0.25) is 0 Å². The Morgan fingerprint density at radius 3 is 2.45 bits per heavy atom. The van der Waals surface area contributed by atoms with Crippen molar-refractivity contribution in [3.8, 4) is 10.6 Å². The van der Waals surface area contributed by atoms with Crippen molar-refractivity contribution in [2.75, 3.05) is 5.73 Å². The summed E-state index contributed by atoms with van der Waals surface area (Å²) in [5.74, 6) is 1.37. The number of anilines is 1. The fraction of sp³-hybridized carbons (Fsp3) is 0.600. The number of hydrogen-bond acceptors (Lipinski definition) is 5. The molecule has 2 N–H and O–H groups in total. The molecule has 0 aliphatic heterocycles. The summed E-state index contributed by atoms with van der Waals surface area (Å²) in [5, 5.41) is 4.10. The van der Waals surface area contributed by atoms with Crippen LogP contribution in [0.5, 0.6) is 0 Å². The van der Waals surface area contributed by atoms with Gasteiger partial charge in [0.2, 0.25) is 0 Å². The maximum absolute atomic E-state index is 5.80. The number of nitrogens with two attached hydrogens (primary N) is 1. The molecular weight excluding hydrogens is 286 g/mol. The molecule has 2 fully saturated rings. The molecule has 0 spiro atoms. The van der Waals surface area contributed by atoms with Crippen molar-refractivity contribution in [2.24, 2.45) is 0 Å². The van der Waals surface area contributed by atoms with Crippen LogP contribution in [0, 0.1) is 0 Å². The SMILES string of the molecule is Nc1nc(-c2sc(C3CCCCC3)nc2C2CC2)cs1. The topological polar surface area (TPSA) is 51.8 Å². The van der Waals surface area contributed by atoms with Crippen LogP contribution in [-0.4, -0.2) is 9.97 Å². The molecule has 0 saturated heterocycles. The minimum Gasteiger partial charge on any atom is -0.375 e. The van der Waals surface area contributed by atoms with Crippen molar-refractivity contribution in [1.82, 2.24) is 9.97 Å². The van der Waals surface area contributed by atoms with E-state index >= 15 is 0 Å². The summed E-state index contributed by atoms with van der Waals surface area (Å²) in [6.07, 6.45) is 9.34. The lowest BCUT2D eigenvalue weighted by molar-refractivity contribution is 0.442. The largest absolute Gasteiger partial charge is 0.375 e. The van der Waals surface area contributed by atoms with Crippen molar-refractivity contribution < 1.29 is 0 Å². The van der Waals surface area contributed by atoms with Crippen LogP contribution in [0.25, 0.3) is 10.6 Å². The lowest BCUT2D eigenvalue weighted by atomic mass is 9.90. The molecule has 20 heavy (non-hydrogen) atoms. The highest BCUT2D eigenvalue weighted by Crippen LogP contribution is 2.48. The second-order valence-electron chi connectivity index (χ2n) is 5.95. The first-order valence-electron chi connectivity index (χ1n) is 7.53. The van der Waals surface area contributed by atoms with Gasteiger partial charge >= 0.3 is 0 Å². The highest BCUT2D eigenvalue weighted by atomic mass is 32.1. The standard InChI is InChI=1S/C15H19N3S2/c16-15-17-11(8-19-15)13-12(9-6-7-9)18-14(20-13)10-4-2-1-3-5-10/h8-10H,1-7H2,(H2,16,17). The van der Waals surface area contributed by atoms with Crippen molar-refractivity contribution in [3.63, 3.8) is 0 Å². The molecule has 0 aromatic carbocycles. The fourth-order valence-electron chi connectivity index (χ4n) is 3.08. The predicted octanol–water partition coefficient (Wildman–Crippen LogP) is 4.77. The minimum atomic E-state index is 0.661. The Morgan fingerprint density at radius 1 is 1.00 bits per heavy atom. The zero-order valence-electron chi connectivity index (χ0n) is 11.5. The van der Waals surface area contributed by atoms with Gasteiger partial charge in [-0.2, -0.15) is 0 Å². The third-order valence-electron chi connectivity index (χ3n) is 4.34. The van der Waals surface area contributed by atoms with E-state index in [9.17, 15) is 0 Å². The molecule has 2 aliphatic carbocycles. The highest BCUT2D eigenvalue weighted by Gasteiger charge is 2.32. The number of nitrogen functional groups attached to an aromatic ring is 1.